The summed E-state index contributed by atoms with van der Waals surface area (Å²) in [7, 11) is 3.75. The van der Waals surface area contributed by atoms with Crippen LogP contribution in [0.4, 0.5) is 13.2 Å². The van der Waals surface area contributed by atoms with Crippen LogP contribution < -0.4 is 5.32 Å². The molecular formula is C3H7F3N. The molecule has 0 amide bonds. The van der Waals surface area contributed by atoms with Gasteiger partial charge in [-0.1, -0.05) is 0 Å². The van der Waals surface area contributed by atoms with E-state index < -0.39 is 6.68 Å². The molecule has 0 saturated carbocycles. The highest BCUT2D eigenvalue weighted by Crippen LogP contribution is 1.99. The Hall–Kier alpha value is -0.250. The van der Waals surface area contributed by atoms with E-state index >= 15 is 0 Å². The smallest absolute Gasteiger partial charge is 0.323 e. The van der Waals surface area contributed by atoms with Crippen molar-refractivity contribution in [3.05, 3.63) is 6.68 Å². The second-order valence-electron chi connectivity index (χ2n) is 0.714. The lowest BCUT2D eigenvalue weighted by molar-refractivity contribution is 0.142. The van der Waals surface area contributed by atoms with E-state index in [1.54, 1.807) is 0 Å². The minimum Gasteiger partial charge on any atom is -0.323 e. The standard InChI is InChI=1S/C2H7N.CF3/c1-3-2;2-1(3)4/h3H,1-2H3;. The maximum absolute atomic E-state index is 9.58. The van der Waals surface area contributed by atoms with Crippen molar-refractivity contribution >= 4 is 0 Å². The maximum Gasteiger partial charge on any atom is 0.487 e. The Morgan fingerprint density at radius 2 is 1.14 bits per heavy atom. The fraction of sp³-hybridized carbons (Fsp3) is 0.667. The van der Waals surface area contributed by atoms with E-state index in [1.807, 2.05) is 14.1 Å². The maximum atomic E-state index is 9.58. The molecule has 45 valence electrons. The summed E-state index contributed by atoms with van der Waals surface area (Å²) in [6, 6.07) is 0. The Morgan fingerprint density at radius 1 is 1.14 bits per heavy atom. The summed E-state index contributed by atoms with van der Waals surface area (Å²) in [6.45, 7) is -3.08. The number of hydrogen-bond acceptors (Lipinski definition) is 1. The van der Waals surface area contributed by atoms with Crippen molar-refractivity contribution in [3.8, 4) is 0 Å². The molecule has 0 aromatic heterocycles. The van der Waals surface area contributed by atoms with Gasteiger partial charge >= 0.3 is 6.68 Å². The molecule has 1 N–H and O–H groups in total. The largest absolute Gasteiger partial charge is 0.487 e. The highest BCUT2D eigenvalue weighted by Gasteiger charge is 1.93. The molecule has 0 aliphatic heterocycles. The summed E-state index contributed by atoms with van der Waals surface area (Å²) in [6.07, 6.45) is 0. The number of nitrogens with one attached hydrogen (secondary N) is 1. The molecule has 0 aromatic carbocycles. The zero-order valence-electron chi connectivity index (χ0n) is 4.13. The van der Waals surface area contributed by atoms with Gasteiger partial charge in [-0.15, -0.1) is 0 Å². The summed E-state index contributed by atoms with van der Waals surface area (Å²) in [5.74, 6) is 0. The second-order valence-corrected chi connectivity index (χ2v) is 0.714. The van der Waals surface area contributed by atoms with Crippen molar-refractivity contribution in [1.82, 2.24) is 5.32 Å². The van der Waals surface area contributed by atoms with Gasteiger partial charge in [-0.2, -0.15) is 13.2 Å². The Kier molecular flexibility index (Phi) is 13.0. The normalized spacial score (nSPS) is 7.71. The lowest BCUT2D eigenvalue weighted by atomic mass is 11.3. The van der Waals surface area contributed by atoms with Crippen LogP contribution in [0.1, 0.15) is 0 Å². The van der Waals surface area contributed by atoms with Crippen molar-refractivity contribution < 1.29 is 13.2 Å². The number of hydrogen-bond donors (Lipinski definition) is 1. The third-order valence-electron chi connectivity index (χ3n) is 0. The molecule has 0 bridgehead atoms. The Balaban J connectivity index is 0. The molecule has 1 radical (unpaired) electrons. The van der Waals surface area contributed by atoms with E-state index in [1.165, 1.54) is 0 Å². The predicted octanol–water partition coefficient (Wildman–Crippen LogP) is 1.18. The Morgan fingerprint density at radius 3 is 1.14 bits per heavy atom. The molecular weight excluding hydrogens is 107 g/mol. The van der Waals surface area contributed by atoms with Crippen LogP contribution in [-0.4, -0.2) is 14.1 Å². The summed E-state index contributed by atoms with van der Waals surface area (Å²) in [4.78, 5) is 0. The number of halogens is 3. The monoisotopic (exact) mass is 114 g/mol. The van der Waals surface area contributed by atoms with Gasteiger partial charge < -0.3 is 5.32 Å². The molecule has 0 aromatic rings. The van der Waals surface area contributed by atoms with E-state index in [-0.39, 0.29) is 0 Å². The lowest BCUT2D eigenvalue weighted by Crippen LogP contribution is -1.89. The molecule has 0 heterocycles. The molecule has 0 atom stereocenters. The summed E-state index contributed by atoms with van der Waals surface area (Å²) >= 11 is 0. The van der Waals surface area contributed by atoms with Gasteiger partial charge in [0.05, 0.1) is 0 Å². The van der Waals surface area contributed by atoms with Crippen molar-refractivity contribution in [1.29, 1.82) is 0 Å². The van der Waals surface area contributed by atoms with E-state index in [0.717, 1.165) is 0 Å². The van der Waals surface area contributed by atoms with Gasteiger partial charge in [0, 0.05) is 0 Å². The minimum absolute atomic E-state index is 1.88. The molecule has 0 fully saturated rings. The average molecular weight is 114 g/mol. The summed E-state index contributed by atoms with van der Waals surface area (Å²) in [5.41, 5.74) is 0. The fourth-order valence-corrected chi connectivity index (χ4v) is 0. The molecule has 0 unspecified atom stereocenters. The first-order valence-electron chi connectivity index (χ1n) is 1.57. The first-order valence-corrected chi connectivity index (χ1v) is 1.57. The Labute approximate surface area is 40.5 Å². The molecule has 1 nitrogen and oxygen atoms in total. The van der Waals surface area contributed by atoms with E-state index in [9.17, 15) is 13.2 Å². The van der Waals surface area contributed by atoms with Crippen LogP contribution in [0.3, 0.4) is 0 Å². The SMILES string of the molecule is CNC.F[C](F)F. The second kappa shape index (κ2) is 9.23. The molecule has 0 aliphatic rings. The highest BCUT2D eigenvalue weighted by molar-refractivity contribution is 4.21. The average Bonchev–Trinajstić information content (AvgIpc) is 1.33. The fourth-order valence-electron chi connectivity index (χ4n) is 0. The van der Waals surface area contributed by atoms with Gasteiger partial charge in [0.25, 0.3) is 0 Å². The van der Waals surface area contributed by atoms with Gasteiger partial charge in [0.1, 0.15) is 0 Å². The van der Waals surface area contributed by atoms with Crippen molar-refractivity contribution in [3.63, 3.8) is 0 Å². The highest BCUT2D eigenvalue weighted by atomic mass is 19.4. The van der Waals surface area contributed by atoms with Crippen LogP contribution in [0.25, 0.3) is 0 Å². The van der Waals surface area contributed by atoms with Gasteiger partial charge in [-0.25, -0.2) is 0 Å². The number of rotatable bonds is 0. The van der Waals surface area contributed by atoms with Crippen LogP contribution in [0.15, 0.2) is 0 Å². The van der Waals surface area contributed by atoms with Crippen LogP contribution in [0, 0.1) is 6.68 Å². The van der Waals surface area contributed by atoms with E-state index in [0.29, 0.717) is 0 Å². The van der Waals surface area contributed by atoms with Crippen molar-refractivity contribution in [2.75, 3.05) is 14.1 Å². The predicted molar refractivity (Wildman–Crippen MR) is 21.6 cm³/mol. The van der Waals surface area contributed by atoms with E-state index in [4.69, 9.17) is 0 Å². The summed E-state index contributed by atoms with van der Waals surface area (Å²) < 4.78 is 28.8. The summed E-state index contributed by atoms with van der Waals surface area (Å²) in [5, 5.41) is 2.75. The lowest BCUT2D eigenvalue weighted by Gasteiger charge is -1.60. The molecule has 7 heavy (non-hydrogen) atoms. The molecule has 0 spiro atoms. The van der Waals surface area contributed by atoms with Crippen LogP contribution in [0.2, 0.25) is 0 Å². The molecule has 0 saturated heterocycles. The van der Waals surface area contributed by atoms with E-state index in [2.05, 4.69) is 5.32 Å². The topological polar surface area (TPSA) is 12.0 Å². The van der Waals surface area contributed by atoms with Crippen LogP contribution in [-0.2, 0) is 0 Å². The zero-order valence-corrected chi connectivity index (χ0v) is 4.13. The van der Waals surface area contributed by atoms with Gasteiger partial charge in [0.15, 0.2) is 0 Å². The van der Waals surface area contributed by atoms with Crippen molar-refractivity contribution in [2.45, 2.75) is 0 Å². The molecule has 0 aliphatic carbocycles. The Bertz CT molecular complexity index is 21.4. The third kappa shape index (κ3) is 1290. The first kappa shape index (κ1) is 9.89. The van der Waals surface area contributed by atoms with Crippen molar-refractivity contribution in [2.24, 2.45) is 0 Å². The van der Waals surface area contributed by atoms with Crippen LogP contribution >= 0.6 is 0 Å². The molecule has 0 rings (SSSR count). The first-order chi connectivity index (χ1) is 3.15. The zero-order chi connectivity index (χ0) is 6.28. The van der Waals surface area contributed by atoms with Gasteiger partial charge in [-0.3, -0.25) is 0 Å². The molecule has 4 heteroatoms. The van der Waals surface area contributed by atoms with Crippen LogP contribution in [0.5, 0.6) is 0 Å². The minimum atomic E-state index is -3.08. The van der Waals surface area contributed by atoms with Gasteiger partial charge in [0.2, 0.25) is 0 Å². The third-order valence-corrected chi connectivity index (χ3v) is 0. The van der Waals surface area contributed by atoms with Gasteiger partial charge in [-0.05, 0) is 14.1 Å². The quantitative estimate of drug-likeness (QED) is 0.498.